The van der Waals surface area contributed by atoms with E-state index in [9.17, 15) is 19.6 Å². The molecule has 2 aromatic rings. The summed E-state index contributed by atoms with van der Waals surface area (Å²) in [5.74, 6) is -0.206. The lowest BCUT2D eigenvalue weighted by atomic mass is 10.1. The number of nitrogens with zero attached hydrogens (tertiary/aromatic N) is 4. The molecule has 0 aliphatic rings. The van der Waals surface area contributed by atoms with Gasteiger partial charge in [0, 0.05) is 26.8 Å². The van der Waals surface area contributed by atoms with Crippen molar-refractivity contribution in [2.75, 3.05) is 23.8 Å². The van der Waals surface area contributed by atoms with E-state index in [-0.39, 0.29) is 23.8 Å². The maximum absolute atomic E-state index is 12.5. The van der Waals surface area contributed by atoms with E-state index in [0.29, 0.717) is 0 Å². The largest absolute Gasteiger partial charge is 0.350 e. The molecule has 0 bridgehead atoms. The highest BCUT2D eigenvalue weighted by Gasteiger charge is 2.20. The SMILES string of the molecule is Cc1cc(C)c(NC(=O)CN(C)c2c(C#N)c(=O)n(C)c(=O)n2C)c(C)c1. The molecule has 1 N–H and O–H groups in total. The summed E-state index contributed by atoms with van der Waals surface area (Å²) in [4.78, 5) is 38.3. The van der Waals surface area contributed by atoms with E-state index in [1.54, 1.807) is 7.05 Å². The fourth-order valence-electron chi connectivity index (χ4n) is 3.22. The maximum atomic E-state index is 12.5. The molecule has 1 aromatic carbocycles. The first-order valence-corrected chi connectivity index (χ1v) is 8.37. The molecule has 27 heavy (non-hydrogen) atoms. The molecular formula is C19H23N5O3. The van der Waals surface area contributed by atoms with Crippen LogP contribution in [0.5, 0.6) is 0 Å². The van der Waals surface area contributed by atoms with Gasteiger partial charge < -0.3 is 10.2 Å². The number of hydrogen-bond acceptors (Lipinski definition) is 5. The van der Waals surface area contributed by atoms with Crippen molar-refractivity contribution in [1.29, 1.82) is 5.26 Å². The molecule has 0 unspecified atom stereocenters. The van der Waals surface area contributed by atoms with Gasteiger partial charge in [-0.25, -0.2) is 4.79 Å². The first kappa shape index (κ1) is 20.0. The summed E-state index contributed by atoms with van der Waals surface area (Å²) in [7, 11) is 4.33. The Labute approximate surface area is 157 Å². The summed E-state index contributed by atoms with van der Waals surface area (Å²) in [6.45, 7) is 5.69. The Morgan fingerprint density at radius 2 is 1.70 bits per heavy atom. The van der Waals surface area contributed by atoms with Crippen LogP contribution >= 0.6 is 0 Å². The van der Waals surface area contributed by atoms with E-state index in [4.69, 9.17) is 0 Å². The number of likely N-dealkylation sites (N-methyl/N-ethyl adjacent to an activating group) is 1. The molecule has 0 saturated carbocycles. The molecule has 0 radical (unpaired) electrons. The molecule has 142 valence electrons. The van der Waals surface area contributed by atoms with Gasteiger partial charge in [-0.3, -0.25) is 18.7 Å². The fraction of sp³-hybridized carbons (Fsp3) is 0.368. The van der Waals surface area contributed by atoms with Gasteiger partial charge in [0.25, 0.3) is 5.56 Å². The maximum Gasteiger partial charge on any atom is 0.332 e. The number of benzene rings is 1. The van der Waals surface area contributed by atoms with E-state index in [0.717, 1.165) is 26.9 Å². The Morgan fingerprint density at radius 3 is 2.22 bits per heavy atom. The Balaban J connectivity index is 2.35. The zero-order chi connectivity index (χ0) is 20.5. The molecule has 0 aliphatic heterocycles. The quantitative estimate of drug-likeness (QED) is 0.865. The van der Waals surface area contributed by atoms with Gasteiger partial charge >= 0.3 is 5.69 Å². The summed E-state index contributed by atoms with van der Waals surface area (Å²) < 4.78 is 2.06. The first-order chi connectivity index (χ1) is 12.6. The van der Waals surface area contributed by atoms with E-state index in [2.05, 4.69) is 5.32 Å². The van der Waals surface area contributed by atoms with Crippen LogP contribution in [0.2, 0.25) is 0 Å². The number of carbonyl (C=O) groups excluding carboxylic acids is 1. The Kier molecular flexibility index (Phi) is 5.55. The molecule has 0 saturated heterocycles. The van der Waals surface area contributed by atoms with Crippen LogP contribution in [0.1, 0.15) is 22.3 Å². The summed E-state index contributed by atoms with van der Waals surface area (Å²) in [5.41, 5.74) is 2.30. The third kappa shape index (κ3) is 3.77. The second-order valence-electron chi connectivity index (χ2n) is 6.69. The average molecular weight is 369 g/mol. The summed E-state index contributed by atoms with van der Waals surface area (Å²) in [6, 6.07) is 5.79. The van der Waals surface area contributed by atoms with Crippen molar-refractivity contribution in [2.24, 2.45) is 14.1 Å². The molecule has 0 spiro atoms. The highest BCUT2D eigenvalue weighted by Crippen LogP contribution is 2.22. The minimum Gasteiger partial charge on any atom is -0.350 e. The van der Waals surface area contributed by atoms with Gasteiger partial charge in [-0.15, -0.1) is 0 Å². The monoisotopic (exact) mass is 369 g/mol. The normalized spacial score (nSPS) is 10.4. The highest BCUT2D eigenvalue weighted by atomic mass is 16.2. The smallest absolute Gasteiger partial charge is 0.332 e. The van der Waals surface area contributed by atoms with E-state index < -0.39 is 11.2 Å². The second-order valence-corrected chi connectivity index (χ2v) is 6.69. The third-order valence-corrected chi connectivity index (χ3v) is 4.43. The van der Waals surface area contributed by atoms with Crippen molar-refractivity contribution in [3.63, 3.8) is 0 Å². The van der Waals surface area contributed by atoms with Gasteiger partial charge in [0.1, 0.15) is 11.9 Å². The van der Waals surface area contributed by atoms with Crippen LogP contribution in [0.25, 0.3) is 0 Å². The summed E-state index contributed by atoms with van der Waals surface area (Å²) in [5, 5.41) is 12.2. The molecule has 1 amide bonds. The van der Waals surface area contributed by atoms with Gasteiger partial charge in [0.05, 0.1) is 6.54 Å². The van der Waals surface area contributed by atoms with Crippen molar-refractivity contribution in [3.8, 4) is 6.07 Å². The first-order valence-electron chi connectivity index (χ1n) is 8.37. The van der Waals surface area contributed by atoms with Crippen molar-refractivity contribution in [3.05, 3.63) is 55.2 Å². The Hall–Kier alpha value is -3.34. The fourth-order valence-corrected chi connectivity index (χ4v) is 3.22. The van der Waals surface area contributed by atoms with Crippen molar-refractivity contribution >= 4 is 17.4 Å². The zero-order valence-corrected chi connectivity index (χ0v) is 16.4. The number of nitrogens with one attached hydrogen (secondary N) is 1. The van der Waals surface area contributed by atoms with Crippen LogP contribution in [0.15, 0.2) is 21.7 Å². The van der Waals surface area contributed by atoms with Crippen molar-refractivity contribution in [1.82, 2.24) is 9.13 Å². The van der Waals surface area contributed by atoms with Gasteiger partial charge in [-0.2, -0.15) is 5.26 Å². The highest BCUT2D eigenvalue weighted by molar-refractivity contribution is 5.95. The number of aryl methyl sites for hydroxylation is 3. The predicted octanol–water partition coefficient (Wildman–Crippen LogP) is 0.956. The van der Waals surface area contributed by atoms with Crippen LogP contribution in [0.3, 0.4) is 0 Å². The van der Waals surface area contributed by atoms with Gasteiger partial charge in [0.15, 0.2) is 5.56 Å². The lowest BCUT2D eigenvalue weighted by Gasteiger charge is -2.23. The lowest BCUT2D eigenvalue weighted by Crippen LogP contribution is -2.43. The van der Waals surface area contributed by atoms with Gasteiger partial charge in [-0.05, 0) is 31.9 Å². The lowest BCUT2D eigenvalue weighted by molar-refractivity contribution is -0.114. The minimum absolute atomic E-state index is 0.109. The molecule has 8 heteroatoms. The molecule has 2 rings (SSSR count). The van der Waals surface area contributed by atoms with Crippen LogP contribution in [-0.4, -0.2) is 28.6 Å². The number of aromatic nitrogens is 2. The number of amides is 1. The minimum atomic E-state index is -0.687. The number of nitriles is 1. The average Bonchev–Trinajstić information content (AvgIpc) is 2.58. The number of anilines is 2. The molecule has 1 aromatic heterocycles. The van der Waals surface area contributed by atoms with Crippen LogP contribution in [-0.2, 0) is 18.9 Å². The van der Waals surface area contributed by atoms with E-state index in [1.165, 1.54) is 23.6 Å². The molecule has 0 atom stereocenters. The topological polar surface area (TPSA) is 100 Å². The molecule has 0 fully saturated rings. The van der Waals surface area contributed by atoms with Crippen LogP contribution in [0, 0.1) is 32.1 Å². The molecule has 0 aliphatic carbocycles. The van der Waals surface area contributed by atoms with Crippen LogP contribution in [0.4, 0.5) is 11.5 Å². The number of hydrogen-bond donors (Lipinski definition) is 1. The van der Waals surface area contributed by atoms with Crippen LogP contribution < -0.4 is 21.5 Å². The predicted molar refractivity (Wildman–Crippen MR) is 104 cm³/mol. The summed E-state index contributed by atoms with van der Waals surface area (Å²) in [6.07, 6.45) is 0. The number of rotatable bonds is 4. The molecule has 1 heterocycles. The van der Waals surface area contributed by atoms with Gasteiger partial charge in [0.2, 0.25) is 5.91 Å². The summed E-state index contributed by atoms with van der Waals surface area (Å²) >= 11 is 0. The van der Waals surface area contributed by atoms with E-state index >= 15 is 0 Å². The Morgan fingerprint density at radius 1 is 1.15 bits per heavy atom. The molecule has 8 nitrogen and oxygen atoms in total. The second kappa shape index (κ2) is 7.50. The van der Waals surface area contributed by atoms with Crippen molar-refractivity contribution in [2.45, 2.75) is 20.8 Å². The molecular weight excluding hydrogens is 346 g/mol. The third-order valence-electron chi connectivity index (χ3n) is 4.43. The van der Waals surface area contributed by atoms with Crippen molar-refractivity contribution < 1.29 is 4.79 Å². The number of carbonyl (C=O) groups is 1. The van der Waals surface area contributed by atoms with E-state index in [1.807, 2.05) is 39.0 Å². The Bertz CT molecular complexity index is 1050. The van der Waals surface area contributed by atoms with Gasteiger partial charge in [-0.1, -0.05) is 17.7 Å². The standard InChI is InChI=1S/C19H23N5O3/c1-11-7-12(2)16(13(3)8-11)21-15(25)10-22(4)17-14(9-20)18(26)24(6)19(27)23(17)5/h7-8H,10H2,1-6H3,(H,21,25). The zero-order valence-electron chi connectivity index (χ0n) is 16.4.